The molecule has 2 aromatic rings. The predicted octanol–water partition coefficient (Wildman–Crippen LogP) is 3.24. The van der Waals surface area contributed by atoms with Gasteiger partial charge in [-0.1, -0.05) is 29.8 Å². The maximum absolute atomic E-state index is 13.8. The summed E-state index contributed by atoms with van der Waals surface area (Å²) < 4.78 is 42.3. The normalized spacial score (nSPS) is 22.9. The van der Waals surface area contributed by atoms with E-state index in [1.54, 1.807) is 4.90 Å². The number of carbonyl (C=O) groups excluding carboxylic acids is 1. The number of benzene rings is 1. The van der Waals surface area contributed by atoms with Crippen LogP contribution in [0.2, 0.25) is 0 Å². The molecule has 1 amide bonds. The number of anilines is 1. The lowest BCUT2D eigenvalue weighted by atomic mass is 9.96. The van der Waals surface area contributed by atoms with Gasteiger partial charge in [0, 0.05) is 38.7 Å². The van der Waals surface area contributed by atoms with Crippen molar-refractivity contribution in [2.75, 3.05) is 38.5 Å². The lowest BCUT2D eigenvalue weighted by Gasteiger charge is -2.33. The molecule has 4 rings (SSSR count). The van der Waals surface area contributed by atoms with Crippen LogP contribution in [0.4, 0.5) is 19.0 Å². The van der Waals surface area contributed by atoms with E-state index in [1.165, 1.54) is 6.07 Å². The van der Waals surface area contributed by atoms with Gasteiger partial charge in [0.05, 0.1) is 6.04 Å². The van der Waals surface area contributed by atoms with Crippen LogP contribution in [0, 0.1) is 6.92 Å². The minimum Gasteiger partial charge on any atom is -0.363 e. The largest absolute Gasteiger partial charge is 0.410 e. The number of alkyl halides is 3. The van der Waals surface area contributed by atoms with Crippen molar-refractivity contribution in [2.24, 2.45) is 0 Å². The molecule has 2 aliphatic rings. The smallest absolute Gasteiger partial charge is 0.363 e. The Morgan fingerprint density at radius 1 is 1.14 bits per heavy atom. The third kappa shape index (κ3) is 3.96. The summed E-state index contributed by atoms with van der Waals surface area (Å²) in [7, 11) is 1.97. The van der Waals surface area contributed by atoms with Crippen LogP contribution in [0.1, 0.15) is 40.1 Å². The van der Waals surface area contributed by atoms with Crippen molar-refractivity contribution < 1.29 is 18.0 Å². The van der Waals surface area contributed by atoms with Gasteiger partial charge in [0.25, 0.3) is 5.91 Å². The molecule has 29 heavy (non-hydrogen) atoms. The minimum atomic E-state index is -4.46. The third-order valence-electron chi connectivity index (χ3n) is 5.68. The second kappa shape index (κ2) is 7.37. The number of nitrogens with one attached hydrogen (secondary N) is 1. The molecule has 0 bridgehead atoms. The van der Waals surface area contributed by atoms with Gasteiger partial charge in [-0.25, -0.2) is 4.68 Å². The van der Waals surface area contributed by atoms with E-state index in [0.717, 1.165) is 28.9 Å². The number of rotatable bonds is 2. The lowest BCUT2D eigenvalue weighted by Crippen LogP contribution is -2.47. The molecule has 0 unspecified atom stereocenters. The van der Waals surface area contributed by atoms with Gasteiger partial charge in [-0.3, -0.25) is 4.79 Å². The number of hydrogen-bond donors (Lipinski definition) is 1. The zero-order valence-corrected chi connectivity index (χ0v) is 16.4. The number of fused-ring (bicyclic) bond motifs is 1. The van der Waals surface area contributed by atoms with Crippen LogP contribution in [0.5, 0.6) is 0 Å². The summed E-state index contributed by atoms with van der Waals surface area (Å²) in [6.07, 6.45) is -4.64. The number of nitrogens with zero attached hydrogens (tertiary/aromatic N) is 4. The molecule has 156 valence electrons. The monoisotopic (exact) mass is 407 g/mol. The molecular weight excluding hydrogens is 383 g/mol. The Labute approximate surface area is 167 Å². The molecule has 1 N–H and O–H groups in total. The third-order valence-corrected chi connectivity index (χ3v) is 5.68. The first-order valence-electron chi connectivity index (χ1n) is 9.69. The highest BCUT2D eigenvalue weighted by Gasteiger charge is 2.47. The van der Waals surface area contributed by atoms with E-state index in [9.17, 15) is 18.0 Å². The van der Waals surface area contributed by atoms with Crippen LogP contribution < -0.4 is 5.32 Å². The molecular formula is C20H24F3N5O. The van der Waals surface area contributed by atoms with E-state index in [0.29, 0.717) is 13.1 Å². The van der Waals surface area contributed by atoms with E-state index >= 15 is 0 Å². The van der Waals surface area contributed by atoms with E-state index in [-0.39, 0.29) is 23.8 Å². The Bertz CT molecular complexity index is 885. The highest BCUT2D eigenvalue weighted by Crippen LogP contribution is 2.43. The quantitative estimate of drug-likeness (QED) is 0.831. The van der Waals surface area contributed by atoms with Gasteiger partial charge in [0.2, 0.25) is 0 Å². The maximum Gasteiger partial charge on any atom is 0.410 e. The molecule has 6 nitrogen and oxygen atoms in total. The van der Waals surface area contributed by atoms with Gasteiger partial charge in [-0.2, -0.15) is 18.3 Å². The predicted molar refractivity (Wildman–Crippen MR) is 103 cm³/mol. The standard InChI is InChI=1S/C20H24F3N5O/c1-13-3-5-14(6-4-13)15-11-17(20(21,22)23)28-18(24-15)12-16(25-28)19(29)27-9-7-26(2)8-10-27/h3-6,12,15,17,24H,7-11H2,1-2H3/t15-,17-/m1/s1. The first-order chi connectivity index (χ1) is 13.7. The molecule has 1 saturated heterocycles. The van der Waals surface area contributed by atoms with Crippen LogP contribution in [-0.4, -0.2) is 64.9 Å². The minimum absolute atomic E-state index is 0.0517. The molecule has 9 heteroatoms. The van der Waals surface area contributed by atoms with Crippen LogP contribution >= 0.6 is 0 Å². The first kappa shape index (κ1) is 19.8. The molecule has 1 aromatic carbocycles. The fourth-order valence-electron chi connectivity index (χ4n) is 3.87. The average molecular weight is 407 g/mol. The van der Waals surface area contributed by atoms with E-state index in [4.69, 9.17) is 0 Å². The molecule has 0 saturated carbocycles. The Hall–Kier alpha value is -2.55. The number of hydrogen-bond acceptors (Lipinski definition) is 4. The topological polar surface area (TPSA) is 53.4 Å². The fourth-order valence-corrected chi connectivity index (χ4v) is 3.87. The Morgan fingerprint density at radius 3 is 2.41 bits per heavy atom. The summed E-state index contributed by atoms with van der Waals surface area (Å²) in [5.74, 6) is -0.101. The van der Waals surface area contributed by atoms with E-state index in [1.807, 2.05) is 38.2 Å². The van der Waals surface area contributed by atoms with Crippen molar-refractivity contribution in [3.63, 3.8) is 0 Å². The number of likely N-dealkylation sites (N-methyl/N-ethyl adjacent to an activating group) is 1. The Balaban J connectivity index is 1.63. The average Bonchev–Trinajstić information content (AvgIpc) is 3.11. The fraction of sp³-hybridized carbons (Fsp3) is 0.500. The van der Waals surface area contributed by atoms with Crippen LogP contribution in [0.25, 0.3) is 0 Å². The molecule has 3 heterocycles. The number of carbonyl (C=O) groups is 1. The molecule has 1 fully saturated rings. The number of piperazine rings is 1. The van der Waals surface area contributed by atoms with Crippen LogP contribution in [0.3, 0.4) is 0 Å². The number of aromatic nitrogens is 2. The zero-order valence-electron chi connectivity index (χ0n) is 16.4. The molecule has 1 aromatic heterocycles. The number of amides is 1. The summed E-state index contributed by atoms with van der Waals surface area (Å²) in [6, 6.07) is 6.60. The van der Waals surface area contributed by atoms with E-state index in [2.05, 4.69) is 15.3 Å². The highest BCUT2D eigenvalue weighted by atomic mass is 19.4. The summed E-state index contributed by atoms with van der Waals surface area (Å²) in [5.41, 5.74) is 1.88. The van der Waals surface area contributed by atoms with Crippen molar-refractivity contribution in [1.82, 2.24) is 19.6 Å². The summed E-state index contributed by atoms with van der Waals surface area (Å²) in [4.78, 5) is 16.5. The second-order valence-corrected chi connectivity index (χ2v) is 7.86. The maximum atomic E-state index is 13.8. The lowest BCUT2D eigenvalue weighted by molar-refractivity contribution is -0.173. The molecule has 2 atom stereocenters. The van der Waals surface area contributed by atoms with Gasteiger partial charge in [0.1, 0.15) is 5.82 Å². The van der Waals surface area contributed by atoms with Crippen molar-refractivity contribution in [1.29, 1.82) is 0 Å². The van der Waals surface area contributed by atoms with Crippen molar-refractivity contribution in [2.45, 2.75) is 31.6 Å². The van der Waals surface area contributed by atoms with Gasteiger partial charge in [-0.05, 0) is 19.5 Å². The van der Waals surface area contributed by atoms with Crippen LogP contribution in [-0.2, 0) is 0 Å². The van der Waals surface area contributed by atoms with Crippen molar-refractivity contribution >= 4 is 11.7 Å². The summed E-state index contributed by atoms with van der Waals surface area (Å²) >= 11 is 0. The molecule has 2 aliphatic heterocycles. The second-order valence-electron chi connectivity index (χ2n) is 7.86. The van der Waals surface area contributed by atoms with Gasteiger partial charge in [0.15, 0.2) is 11.7 Å². The SMILES string of the molecule is Cc1ccc([C@H]2C[C@H](C(F)(F)F)n3nc(C(=O)N4CCN(C)CC4)cc3N2)cc1. The van der Waals surface area contributed by atoms with Gasteiger partial charge in [-0.15, -0.1) is 0 Å². The molecule has 0 aliphatic carbocycles. The van der Waals surface area contributed by atoms with Crippen molar-refractivity contribution in [3.8, 4) is 0 Å². The zero-order chi connectivity index (χ0) is 20.8. The summed E-state index contributed by atoms with van der Waals surface area (Å²) in [5, 5.41) is 7.21. The van der Waals surface area contributed by atoms with E-state index < -0.39 is 18.3 Å². The molecule has 0 spiro atoms. The Morgan fingerprint density at radius 2 is 1.79 bits per heavy atom. The number of aryl methyl sites for hydroxylation is 1. The van der Waals surface area contributed by atoms with Gasteiger partial charge < -0.3 is 15.1 Å². The number of halogens is 3. The summed E-state index contributed by atoms with van der Waals surface area (Å²) in [6.45, 7) is 4.48. The molecule has 0 radical (unpaired) electrons. The van der Waals surface area contributed by atoms with Crippen molar-refractivity contribution in [3.05, 3.63) is 47.2 Å². The Kier molecular flexibility index (Phi) is 5.02. The highest BCUT2D eigenvalue weighted by molar-refractivity contribution is 5.93. The first-order valence-corrected chi connectivity index (χ1v) is 9.69. The van der Waals surface area contributed by atoms with Gasteiger partial charge >= 0.3 is 6.18 Å². The van der Waals surface area contributed by atoms with Crippen LogP contribution in [0.15, 0.2) is 30.3 Å².